The highest BCUT2D eigenvalue weighted by Gasteiger charge is 2.53. The van der Waals surface area contributed by atoms with E-state index < -0.39 is 10.8 Å². The smallest absolute Gasteiger partial charge is 0.132 e. The molecule has 3 aliphatic carbocycles. The maximum absolute atomic E-state index is 6.75. The summed E-state index contributed by atoms with van der Waals surface area (Å²) in [6.45, 7) is 4.74. The highest BCUT2D eigenvalue weighted by molar-refractivity contribution is 5.94. The minimum Gasteiger partial charge on any atom is -0.457 e. The van der Waals surface area contributed by atoms with Gasteiger partial charge in [0.25, 0.3) is 0 Å². The predicted molar refractivity (Wildman–Crippen MR) is 299 cm³/mol. The third kappa shape index (κ3) is 5.30. The Kier molecular flexibility index (Phi) is 8.37. The van der Waals surface area contributed by atoms with E-state index in [4.69, 9.17) is 9.47 Å². The van der Waals surface area contributed by atoms with Crippen molar-refractivity contribution in [2.45, 2.75) is 30.1 Å². The van der Waals surface area contributed by atoms with Crippen LogP contribution in [0.1, 0.15) is 69.5 Å². The molecule has 0 bridgehead atoms. The lowest BCUT2D eigenvalue weighted by atomic mass is 9.66. The van der Waals surface area contributed by atoms with E-state index in [0.717, 1.165) is 62.3 Å². The Morgan fingerprint density at radius 1 is 0.257 bits per heavy atom. The summed E-state index contributed by atoms with van der Waals surface area (Å²) in [5, 5.41) is 0. The highest BCUT2D eigenvalue weighted by atomic mass is 16.5. The summed E-state index contributed by atoms with van der Waals surface area (Å²) in [5.41, 5.74) is 24.3. The summed E-state index contributed by atoms with van der Waals surface area (Å²) in [4.78, 5) is 2.49. The Labute approximate surface area is 431 Å². The lowest BCUT2D eigenvalue weighted by Crippen LogP contribution is -2.32. The zero-order valence-electron chi connectivity index (χ0n) is 40.9. The summed E-state index contributed by atoms with van der Waals surface area (Å²) >= 11 is 0. The Bertz CT molecular complexity index is 4120. The van der Waals surface area contributed by atoms with E-state index in [0.29, 0.717) is 0 Å². The lowest BCUT2D eigenvalue weighted by Gasteiger charge is -2.39. The molecule has 0 aromatic heterocycles. The van der Waals surface area contributed by atoms with E-state index >= 15 is 0 Å². The van der Waals surface area contributed by atoms with Gasteiger partial charge in [0.2, 0.25) is 0 Å². The number of rotatable bonds is 4. The van der Waals surface area contributed by atoms with Crippen molar-refractivity contribution < 1.29 is 9.47 Å². The minimum absolute atomic E-state index is 0.182. The van der Waals surface area contributed by atoms with Crippen LogP contribution >= 0.6 is 0 Å². The largest absolute Gasteiger partial charge is 0.457 e. The standard InChI is InChI=1S/C71H47NO2/c1-69(2)55-23-6-3-20-49(55)52-37-35-47(42-63(52)69)72(48-36-38-53-50-21-4-7-24-56(50)71(64(53)43-48)61-28-11-15-32-67(61)74-68-33-16-12-29-62(68)71)46-19-17-18-44(40-46)45-34-39-58-54(41-45)51-22-5-8-25-57(51)70(58)59-26-9-13-30-65(59)73-66-31-14-10-27-60(66)70/h3-43H,1-2H3. The van der Waals surface area contributed by atoms with Crippen LogP contribution < -0.4 is 14.4 Å². The molecular weight excluding hydrogens is 899 g/mol. The molecule has 0 fully saturated rings. The van der Waals surface area contributed by atoms with E-state index in [1.54, 1.807) is 0 Å². The maximum atomic E-state index is 6.75. The number of nitrogens with zero attached hydrogens (tertiary/aromatic N) is 1. The highest BCUT2D eigenvalue weighted by Crippen LogP contribution is 2.65. The van der Waals surface area contributed by atoms with Gasteiger partial charge in [0.1, 0.15) is 23.0 Å². The van der Waals surface area contributed by atoms with Crippen molar-refractivity contribution in [2.75, 3.05) is 4.90 Å². The van der Waals surface area contributed by atoms with Gasteiger partial charge in [-0.05, 0) is 145 Å². The third-order valence-corrected chi connectivity index (χ3v) is 17.2. The van der Waals surface area contributed by atoms with Crippen LogP contribution in [0.2, 0.25) is 0 Å². The SMILES string of the molecule is CC1(C)c2ccccc2-c2ccc(N(c3cccc(-c4ccc5c(c4)-c4ccccc4C54c5ccccc5Oc5ccccc54)c3)c3ccc4c(c3)C3(c5ccccc5Oc5ccccc53)c3ccccc3-4)cc21. The molecule has 11 aromatic carbocycles. The van der Waals surface area contributed by atoms with Crippen LogP contribution in [0.5, 0.6) is 23.0 Å². The first-order valence-electron chi connectivity index (χ1n) is 25.8. The van der Waals surface area contributed by atoms with Gasteiger partial charge in [0, 0.05) is 44.7 Å². The summed E-state index contributed by atoms with van der Waals surface area (Å²) < 4.78 is 13.4. The second-order valence-electron chi connectivity index (χ2n) is 21.1. The average Bonchev–Trinajstić information content (AvgIpc) is 4.00. The number of hydrogen-bond acceptors (Lipinski definition) is 3. The molecule has 2 aliphatic heterocycles. The number of anilines is 3. The first kappa shape index (κ1) is 41.4. The molecule has 0 radical (unpaired) electrons. The van der Waals surface area contributed by atoms with Crippen molar-refractivity contribution in [2.24, 2.45) is 0 Å². The van der Waals surface area contributed by atoms with Crippen LogP contribution in [0.4, 0.5) is 17.1 Å². The third-order valence-electron chi connectivity index (χ3n) is 17.2. The molecule has 2 heterocycles. The van der Waals surface area contributed by atoms with Crippen LogP contribution in [-0.4, -0.2) is 0 Å². The van der Waals surface area contributed by atoms with Crippen molar-refractivity contribution in [1.29, 1.82) is 0 Å². The quantitative estimate of drug-likeness (QED) is 0.175. The lowest BCUT2D eigenvalue weighted by molar-refractivity contribution is 0.436. The molecule has 5 aliphatic rings. The molecule has 0 saturated heterocycles. The van der Waals surface area contributed by atoms with Crippen molar-refractivity contribution in [3.8, 4) is 67.5 Å². The maximum Gasteiger partial charge on any atom is 0.132 e. The molecule has 3 heteroatoms. The Morgan fingerprint density at radius 2 is 0.635 bits per heavy atom. The van der Waals surface area contributed by atoms with Gasteiger partial charge in [-0.3, -0.25) is 0 Å². The normalized spacial score (nSPS) is 15.2. The first-order chi connectivity index (χ1) is 36.4. The molecule has 11 aromatic rings. The van der Waals surface area contributed by atoms with Gasteiger partial charge >= 0.3 is 0 Å². The van der Waals surface area contributed by atoms with Crippen molar-refractivity contribution in [1.82, 2.24) is 0 Å². The average molecular weight is 946 g/mol. The van der Waals surface area contributed by atoms with Gasteiger partial charge in [-0.1, -0.05) is 196 Å². The second kappa shape index (κ2) is 14.9. The zero-order chi connectivity index (χ0) is 48.9. The number of ether oxygens (including phenoxy) is 2. The number of benzene rings is 11. The van der Waals surface area contributed by atoms with Crippen molar-refractivity contribution in [3.05, 3.63) is 304 Å². The monoisotopic (exact) mass is 945 g/mol. The topological polar surface area (TPSA) is 21.7 Å². The Hall–Kier alpha value is -9.18. The predicted octanol–water partition coefficient (Wildman–Crippen LogP) is 18.1. The molecule has 0 amide bonds. The second-order valence-corrected chi connectivity index (χ2v) is 21.1. The molecule has 2 spiro atoms. The van der Waals surface area contributed by atoms with Crippen LogP contribution in [-0.2, 0) is 16.2 Å². The number of hydrogen-bond donors (Lipinski definition) is 0. The Balaban J connectivity index is 0.907. The van der Waals surface area contributed by atoms with Gasteiger partial charge in [-0.25, -0.2) is 0 Å². The summed E-state index contributed by atoms with van der Waals surface area (Å²) in [7, 11) is 0. The fourth-order valence-electron chi connectivity index (χ4n) is 14.1. The van der Waals surface area contributed by atoms with E-state index in [2.05, 4.69) is 267 Å². The number of fused-ring (bicyclic) bond motifs is 21. The van der Waals surface area contributed by atoms with Gasteiger partial charge in [0.05, 0.1) is 10.8 Å². The van der Waals surface area contributed by atoms with Gasteiger partial charge in [-0.2, -0.15) is 0 Å². The van der Waals surface area contributed by atoms with Gasteiger partial charge < -0.3 is 14.4 Å². The molecule has 348 valence electrons. The molecule has 0 unspecified atom stereocenters. The van der Waals surface area contributed by atoms with E-state index in [9.17, 15) is 0 Å². The van der Waals surface area contributed by atoms with Crippen LogP contribution in [0.15, 0.2) is 249 Å². The zero-order valence-corrected chi connectivity index (χ0v) is 40.9. The van der Waals surface area contributed by atoms with Crippen molar-refractivity contribution in [3.63, 3.8) is 0 Å². The van der Waals surface area contributed by atoms with Crippen LogP contribution in [0.3, 0.4) is 0 Å². The molecule has 74 heavy (non-hydrogen) atoms. The molecule has 0 saturated carbocycles. The first-order valence-corrected chi connectivity index (χ1v) is 25.8. The summed E-state index contributed by atoms with van der Waals surface area (Å²) in [5.74, 6) is 3.57. The summed E-state index contributed by atoms with van der Waals surface area (Å²) in [6, 6.07) is 91.9. The van der Waals surface area contributed by atoms with Crippen LogP contribution in [0.25, 0.3) is 44.5 Å². The summed E-state index contributed by atoms with van der Waals surface area (Å²) in [6.07, 6.45) is 0. The fourth-order valence-corrected chi connectivity index (χ4v) is 14.1. The molecule has 0 N–H and O–H groups in total. The molecule has 0 atom stereocenters. The van der Waals surface area contributed by atoms with Crippen molar-refractivity contribution >= 4 is 17.1 Å². The van der Waals surface area contributed by atoms with Crippen LogP contribution in [0, 0.1) is 0 Å². The number of para-hydroxylation sites is 4. The van der Waals surface area contributed by atoms with Gasteiger partial charge in [-0.15, -0.1) is 0 Å². The molecule has 3 nitrogen and oxygen atoms in total. The fraction of sp³-hybridized carbons (Fsp3) is 0.0704. The van der Waals surface area contributed by atoms with E-state index in [1.807, 2.05) is 0 Å². The van der Waals surface area contributed by atoms with E-state index in [-0.39, 0.29) is 5.41 Å². The molecular formula is C71H47NO2. The Morgan fingerprint density at radius 3 is 1.19 bits per heavy atom. The minimum atomic E-state index is -0.605. The van der Waals surface area contributed by atoms with E-state index in [1.165, 1.54) is 77.9 Å². The molecule has 16 rings (SSSR count). The van der Waals surface area contributed by atoms with Gasteiger partial charge in [0.15, 0.2) is 0 Å².